The van der Waals surface area contributed by atoms with Gasteiger partial charge in [-0.1, -0.05) is 42.0 Å². The number of aryl methyl sites for hydroxylation is 1. The Morgan fingerprint density at radius 2 is 1.77 bits per heavy atom. The van der Waals surface area contributed by atoms with E-state index in [-0.39, 0.29) is 5.75 Å². The first-order chi connectivity index (χ1) is 12.5. The number of nitrogens with zero attached hydrogens (tertiary/aromatic N) is 1. The van der Waals surface area contributed by atoms with Gasteiger partial charge in [0.2, 0.25) is 10.0 Å². The van der Waals surface area contributed by atoms with E-state index in [2.05, 4.69) is 33.9 Å². The summed E-state index contributed by atoms with van der Waals surface area (Å²) in [5, 5.41) is 0. The summed E-state index contributed by atoms with van der Waals surface area (Å²) in [6, 6.07) is 15.9. The van der Waals surface area contributed by atoms with Gasteiger partial charge in [-0.05, 0) is 36.6 Å². The molecule has 1 saturated heterocycles. The van der Waals surface area contributed by atoms with Crippen molar-refractivity contribution in [2.45, 2.75) is 19.1 Å². The number of nitrogens with one attached hydrogen (secondary N) is 1. The van der Waals surface area contributed by atoms with Crippen LogP contribution in [0.2, 0.25) is 0 Å². The van der Waals surface area contributed by atoms with Crippen LogP contribution in [0, 0.1) is 6.92 Å². The number of rotatable bonds is 7. The van der Waals surface area contributed by atoms with Crippen LogP contribution in [0.15, 0.2) is 48.5 Å². The summed E-state index contributed by atoms with van der Waals surface area (Å²) in [4.78, 5) is 2.30. The van der Waals surface area contributed by atoms with Crippen LogP contribution in [0.25, 0.3) is 0 Å². The van der Waals surface area contributed by atoms with Crippen LogP contribution in [0.1, 0.15) is 16.7 Å². The molecule has 0 atom stereocenters. The van der Waals surface area contributed by atoms with Crippen LogP contribution < -0.4 is 9.62 Å². The van der Waals surface area contributed by atoms with Gasteiger partial charge in [-0.2, -0.15) is 0 Å². The maximum Gasteiger partial charge on any atom is 0.215 e. The zero-order valence-electron chi connectivity index (χ0n) is 15.1. The average molecular weight is 375 g/mol. The fourth-order valence-electron chi connectivity index (χ4n) is 3.12. The Balaban J connectivity index is 1.49. The van der Waals surface area contributed by atoms with Crippen molar-refractivity contribution in [2.24, 2.45) is 0 Å². The van der Waals surface area contributed by atoms with Crippen molar-refractivity contribution in [2.75, 3.05) is 37.7 Å². The molecule has 0 bridgehead atoms. The second-order valence-electron chi connectivity index (χ2n) is 6.66. The highest BCUT2D eigenvalue weighted by molar-refractivity contribution is 7.88. The van der Waals surface area contributed by atoms with Crippen LogP contribution in [0.4, 0.5) is 5.69 Å². The van der Waals surface area contributed by atoms with Crippen molar-refractivity contribution in [3.63, 3.8) is 0 Å². The SMILES string of the molecule is Cc1cccc(CS(=O)(=O)NCCc2ccc(N3CCOCC3)cc2)c1. The van der Waals surface area contributed by atoms with Gasteiger partial charge in [0.05, 0.1) is 19.0 Å². The molecule has 1 aliphatic rings. The molecule has 1 heterocycles. The van der Waals surface area contributed by atoms with Crippen molar-refractivity contribution in [1.29, 1.82) is 0 Å². The minimum Gasteiger partial charge on any atom is -0.378 e. The maximum atomic E-state index is 12.2. The molecule has 1 N–H and O–H groups in total. The molecule has 6 heteroatoms. The second kappa shape index (κ2) is 8.66. The predicted octanol–water partition coefficient (Wildman–Crippen LogP) is 2.49. The normalized spacial score (nSPS) is 15.2. The lowest BCUT2D eigenvalue weighted by molar-refractivity contribution is 0.122. The molecule has 0 amide bonds. The summed E-state index contributed by atoms with van der Waals surface area (Å²) in [7, 11) is -3.32. The third-order valence-electron chi connectivity index (χ3n) is 4.49. The minimum atomic E-state index is -3.32. The maximum absolute atomic E-state index is 12.2. The quantitative estimate of drug-likeness (QED) is 0.809. The average Bonchev–Trinajstić information content (AvgIpc) is 2.62. The Bertz CT molecular complexity index is 813. The van der Waals surface area contributed by atoms with Gasteiger partial charge in [0.1, 0.15) is 0 Å². The highest BCUT2D eigenvalue weighted by atomic mass is 32.2. The van der Waals surface area contributed by atoms with Crippen LogP contribution in [0.3, 0.4) is 0 Å². The summed E-state index contributed by atoms with van der Waals surface area (Å²) < 4.78 is 32.5. The molecule has 0 radical (unpaired) electrons. The predicted molar refractivity (Wildman–Crippen MR) is 105 cm³/mol. The van der Waals surface area contributed by atoms with E-state index in [0.29, 0.717) is 13.0 Å². The number of sulfonamides is 1. The molecule has 2 aromatic carbocycles. The lowest BCUT2D eigenvalue weighted by Crippen LogP contribution is -2.36. The first-order valence-corrected chi connectivity index (χ1v) is 10.6. The standard InChI is InChI=1S/C20H26N2O3S/c1-17-3-2-4-19(15-17)16-26(23,24)21-10-9-18-5-7-20(8-6-18)22-11-13-25-14-12-22/h2-8,15,21H,9-14,16H2,1H3. The number of ether oxygens (including phenoxy) is 1. The van der Waals surface area contributed by atoms with Crippen molar-refractivity contribution in [1.82, 2.24) is 4.72 Å². The van der Waals surface area contributed by atoms with Gasteiger partial charge in [-0.3, -0.25) is 0 Å². The van der Waals surface area contributed by atoms with Gasteiger partial charge in [0.15, 0.2) is 0 Å². The fourth-order valence-corrected chi connectivity index (χ4v) is 4.25. The summed E-state index contributed by atoms with van der Waals surface area (Å²) >= 11 is 0. The number of anilines is 1. The fraction of sp³-hybridized carbons (Fsp3) is 0.400. The zero-order valence-corrected chi connectivity index (χ0v) is 16.0. The third kappa shape index (κ3) is 5.56. The van der Waals surface area contributed by atoms with Crippen molar-refractivity contribution in [3.05, 3.63) is 65.2 Å². The topological polar surface area (TPSA) is 58.6 Å². The summed E-state index contributed by atoms with van der Waals surface area (Å²) in [6.07, 6.45) is 0.677. The molecule has 2 aromatic rings. The number of hydrogen-bond donors (Lipinski definition) is 1. The Labute approximate surface area is 156 Å². The van der Waals surface area contributed by atoms with Gasteiger partial charge in [-0.25, -0.2) is 13.1 Å². The molecule has 0 saturated carbocycles. The minimum absolute atomic E-state index is 0.0185. The molecule has 5 nitrogen and oxygen atoms in total. The summed E-state index contributed by atoms with van der Waals surface area (Å²) in [6.45, 7) is 5.74. The molecule has 0 aliphatic carbocycles. The third-order valence-corrected chi connectivity index (χ3v) is 5.84. The van der Waals surface area contributed by atoms with E-state index in [0.717, 1.165) is 43.0 Å². The molecule has 140 valence electrons. The van der Waals surface area contributed by atoms with Gasteiger partial charge in [0.25, 0.3) is 0 Å². The van der Waals surface area contributed by atoms with Crippen LogP contribution in [0.5, 0.6) is 0 Å². The lowest BCUT2D eigenvalue weighted by Gasteiger charge is -2.28. The Kier molecular flexibility index (Phi) is 6.29. The highest BCUT2D eigenvalue weighted by Crippen LogP contribution is 2.17. The monoisotopic (exact) mass is 374 g/mol. The molecular weight excluding hydrogens is 348 g/mol. The van der Waals surface area contributed by atoms with Gasteiger partial charge in [0, 0.05) is 25.3 Å². The van der Waals surface area contributed by atoms with Gasteiger partial charge in [-0.15, -0.1) is 0 Å². The smallest absolute Gasteiger partial charge is 0.215 e. The largest absolute Gasteiger partial charge is 0.378 e. The molecule has 0 unspecified atom stereocenters. The van der Waals surface area contributed by atoms with Crippen molar-refractivity contribution in [3.8, 4) is 0 Å². The van der Waals surface area contributed by atoms with E-state index in [1.54, 1.807) is 0 Å². The highest BCUT2D eigenvalue weighted by Gasteiger charge is 2.12. The molecule has 3 rings (SSSR count). The Morgan fingerprint density at radius 1 is 1.04 bits per heavy atom. The Morgan fingerprint density at radius 3 is 2.46 bits per heavy atom. The van der Waals surface area contributed by atoms with Crippen LogP contribution >= 0.6 is 0 Å². The molecular formula is C20H26N2O3S. The van der Waals surface area contributed by atoms with E-state index in [1.165, 1.54) is 5.69 Å². The molecule has 0 aromatic heterocycles. The van der Waals surface area contributed by atoms with E-state index < -0.39 is 10.0 Å². The second-order valence-corrected chi connectivity index (χ2v) is 8.47. The lowest BCUT2D eigenvalue weighted by atomic mass is 10.1. The van der Waals surface area contributed by atoms with E-state index in [1.807, 2.05) is 31.2 Å². The first-order valence-electron chi connectivity index (χ1n) is 8.96. The Hall–Kier alpha value is -1.89. The number of morpholine rings is 1. The first kappa shape index (κ1) is 18.9. The molecule has 1 aliphatic heterocycles. The van der Waals surface area contributed by atoms with E-state index in [4.69, 9.17) is 4.74 Å². The number of benzene rings is 2. The molecule has 1 fully saturated rings. The van der Waals surface area contributed by atoms with Gasteiger partial charge < -0.3 is 9.64 Å². The van der Waals surface area contributed by atoms with E-state index in [9.17, 15) is 8.42 Å². The zero-order chi connectivity index (χ0) is 18.4. The van der Waals surface area contributed by atoms with E-state index >= 15 is 0 Å². The van der Waals surface area contributed by atoms with Crippen molar-refractivity contribution >= 4 is 15.7 Å². The summed E-state index contributed by atoms with van der Waals surface area (Å²) in [5.74, 6) is 0.0185. The van der Waals surface area contributed by atoms with Gasteiger partial charge >= 0.3 is 0 Å². The van der Waals surface area contributed by atoms with Crippen LogP contribution in [-0.4, -0.2) is 41.3 Å². The van der Waals surface area contributed by atoms with Crippen molar-refractivity contribution < 1.29 is 13.2 Å². The number of hydrogen-bond acceptors (Lipinski definition) is 4. The van der Waals surface area contributed by atoms with Crippen LogP contribution in [-0.2, 0) is 26.9 Å². The summed E-state index contributed by atoms with van der Waals surface area (Å²) in [5.41, 5.74) is 4.20. The molecule has 0 spiro atoms. The molecule has 26 heavy (non-hydrogen) atoms.